The van der Waals surface area contributed by atoms with Crippen LogP contribution in [-0.2, 0) is 4.79 Å². The van der Waals surface area contributed by atoms with Crippen LogP contribution in [0.5, 0.6) is 17.4 Å². The van der Waals surface area contributed by atoms with E-state index in [0.29, 0.717) is 21.5 Å². The van der Waals surface area contributed by atoms with Crippen molar-refractivity contribution < 1.29 is 19.4 Å². The van der Waals surface area contributed by atoms with Gasteiger partial charge in [-0.05, 0) is 37.3 Å². The number of ether oxygens (including phenoxy) is 2. The van der Waals surface area contributed by atoms with Crippen molar-refractivity contribution in [1.82, 2.24) is 4.98 Å². The Morgan fingerprint density at radius 1 is 1.23 bits per heavy atom. The molecule has 0 saturated carbocycles. The molecule has 0 fully saturated rings. The SMILES string of the molecule is CC(Oc1ccc(Oc2ncc(Cl)cc2Cl)cc1)C(=O)O.[NaH]. The predicted molar refractivity (Wildman–Crippen MR) is 85.6 cm³/mol. The number of aliphatic carboxylic acids is 1. The van der Waals surface area contributed by atoms with Gasteiger partial charge in [-0.2, -0.15) is 0 Å². The van der Waals surface area contributed by atoms with Gasteiger partial charge < -0.3 is 14.6 Å². The van der Waals surface area contributed by atoms with Gasteiger partial charge in [0.15, 0.2) is 6.10 Å². The predicted octanol–water partition coefficient (Wildman–Crippen LogP) is 3.38. The molecule has 1 heterocycles. The zero-order valence-corrected chi connectivity index (χ0v) is 12.4. The van der Waals surface area contributed by atoms with E-state index in [4.69, 9.17) is 37.8 Å². The minimum atomic E-state index is -1.03. The molecular formula is C14H12Cl2NNaO4. The van der Waals surface area contributed by atoms with Crippen molar-refractivity contribution in [1.29, 1.82) is 0 Å². The molecule has 0 aliphatic heterocycles. The maximum absolute atomic E-state index is 10.7. The van der Waals surface area contributed by atoms with E-state index >= 15 is 0 Å². The zero-order valence-electron chi connectivity index (χ0n) is 10.9. The molecule has 1 N–H and O–H groups in total. The Labute approximate surface area is 159 Å². The van der Waals surface area contributed by atoms with Crippen LogP contribution in [0.3, 0.4) is 0 Å². The molecule has 1 aromatic carbocycles. The van der Waals surface area contributed by atoms with Crippen molar-refractivity contribution in [2.24, 2.45) is 0 Å². The van der Waals surface area contributed by atoms with Crippen LogP contribution in [0, 0.1) is 0 Å². The summed E-state index contributed by atoms with van der Waals surface area (Å²) < 4.78 is 10.7. The monoisotopic (exact) mass is 351 g/mol. The Hall–Kier alpha value is -0.980. The van der Waals surface area contributed by atoms with E-state index < -0.39 is 12.1 Å². The number of carboxylic acids is 1. The van der Waals surface area contributed by atoms with Crippen LogP contribution in [-0.4, -0.2) is 51.7 Å². The normalized spacial score (nSPS) is 11.2. The fraction of sp³-hybridized carbons (Fsp3) is 0.143. The summed E-state index contributed by atoms with van der Waals surface area (Å²) in [6.07, 6.45) is 0.499. The molecular weight excluding hydrogens is 340 g/mol. The third-order valence-corrected chi connectivity index (χ3v) is 2.95. The van der Waals surface area contributed by atoms with Crippen LogP contribution in [0.15, 0.2) is 36.5 Å². The second kappa shape index (κ2) is 8.60. The molecule has 0 radical (unpaired) electrons. The number of hydrogen-bond donors (Lipinski definition) is 1. The Balaban J connectivity index is 0.00000242. The molecule has 1 aromatic heterocycles. The number of aromatic nitrogens is 1. The first-order valence-electron chi connectivity index (χ1n) is 5.94. The summed E-state index contributed by atoms with van der Waals surface area (Å²) in [6, 6.07) is 7.96. The number of pyridine rings is 1. The standard InChI is InChI=1S/C14H11Cl2NO4.Na.H/c1-8(14(18)19)20-10-2-4-11(5-3-10)21-13-12(16)6-9(15)7-17-13;;/h2-8H,1H3,(H,18,19);;. The molecule has 112 valence electrons. The average molecular weight is 352 g/mol. The Kier molecular flexibility index (Phi) is 7.45. The van der Waals surface area contributed by atoms with Crippen LogP contribution in [0.2, 0.25) is 10.0 Å². The summed E-state index contributed by atoms with van der Waals surface area (Å²) in [7, 11) is 0. The fourth-order valence-corrected chi connectivity index (χ4v) is 1.85. The van der Waals surface area contributed by atoms with Gasteiger partial charge in [-0.1, -0.05) is 23.2 Å². The summed E-state index contributed by atoms with van der Waals surface area (Å²) in [4.78, 5) is 14.7. The van der Waals surface area contributed by atoms with Gasteiger partial charge >= 0.3 is 35.5 Å². The van der Waals surface area contributed by atoms with Crippen LogP contribution >= 0.6 is 23.2 Å². The van der Waals surface area contributed by atoms with Crippen LogP contribution in [0.1, 0.15) is 6.92 Å². The van der Waals surface area contributed by atoms with Gasteiger partial charge in [-0.25, -0.2) is 9.78 Å². The Morgan fingerprint density at radius 2 is 1.82 bits per heavy atom. The van der Waals surface area contributed by atoms with Crippen LogP contribution in [0.4, 0.5) is 0 Å². The van der Waals surface area contributed by atoms with E-state index in [9.17, 15) is 4.79 Å². The minimum absolute atomic E-state index is 0. The maximum atomic E-state index is 10.7. The molecule has 0 aliphatic carbocycles. The van der Waals surface area contributed by atoms with Crippen molar-refractivity contribution in [3.05, 3.63) is 46.6 Å². The number of benzene rings is 1. The molecule has 0 amide bonds. The van der Waals surface area contributed by atoms with Crippen molar-refractivity contribution in [3.8, 4) is 17.4 Å². The van der Waals surface area contributed by atoms with Gasteiger partial charge in [-0.3, -0.25) is 0 Å². The molecule has 0 spiro atoms. The fourth-order valence-electron chi connectivity index (χ4n) is 1.43. The molecule has 5 nitrogen and oxygen atoms in total. The first-order valence-corrected chi connectivity index (χ1v) is 6.69. The summed E-state index contributed by atoms with van der Waals surface area (Å²) in [5, 5.41) is 9.47. The quantitative estimate of drug-likeness (QED) is 0.836. The zero-order chi connectivity index (χ0) is 15.4. The molecule has 2 aromatic rings. The molecule has 8 heteroatoms. The number of carbonyl (C=O) groups is 1. The molecule has 1 atom stereocenters. The average Bonchev–Trinajstić information content (AvgIpc) is 2.43. The van der Waals surface area contributed by atoms with E-state index in [0.717, 1.165) is 0 Å². The van der Waals surface area contributed by atoms with Crippen LogP contribution in [0.25, 0.3) is 0 Å². The van der Waals surface area contributed by atoms with Gasteiger partial charge in [0.25, 0.3) is 0 Å². The molecule has 2 rings (SSSR count). The molecule has 22 heavy (non-hydrogen) atoms. The van der Waals surface area contributed by atoms with E-state index in [1.54, 1.807) is 24.3 Å². The second-order valence-corrected chi connectivity index (χ2v) is 4.96. The number of halogens is 2. The topological polar surface area (TPSA) is 68.7 Å². The first kappa shape index (κ1) is 19.1. The summed E-state index contributed by atoms with van der Waals surface area (Å²) >= 11 is 11.7. The summed E-state index contributed by atoms with van der Waals surface area (Å²) in [5.41, 5.74) is 0. The first-order chi connectivity index (χ1) is 9.95. The number of nitrogens with zero attached hydrogens (tertiary/aromatic N) is 1. The third kappa shape index (κ3) is 5.34. The van der Waals surface area contributed by atoms with Crippen molar-refractivity contribution in [2.45, 2.75) is 13.0 Å². The molecule has 0 saturated heterocycles. The number of rotatable bonds is 5. The summed E-state index contributed by atoms with van der Waals surface area (Å²) in [6.45, 7) is 1.45. The van der Waals surface area contributed by atoms with Gasteiger partial charge in [0.2, 0.25) is 5.88 Å². The third-order valence-electron chi connectivity index (χ3n) is 2.47. The van der Waals surface area contributed by atoms with Gasteiger partial charge in [0, 0.05) is 6.20 Å². The molecule has 0 bridgehead atoms. The van der Waals surface area contributed by atoms with Gasteiger partial charge in [0.05, 0.1) is 5.02 Å². The van der Waals surface area contributed by atoms with Gasteiger partial charge in [-0.15, -0.1) is 0 Å². The second-order valence-electron chi connectivity index (χ2n) is 4.11. The summed E-state index contributed by atoms with van der Waals surface area (Å²) in [5.74, 6) is 0.107. The van der Waals surface area contributed by atoms with E-state index in [1.807, 2.05) is 0 Å². The van der Waals surface area contributed by atoms with Crippen molar-refractivity contribution in [2.75, 3.05) is 0 Å². The Morgan fingerprint density at radius 3 is 2.36 bits per heavy atom. The van der Waals surface area contributed by atoms with E-state index in [1.165, 1.54) is 19.2 Å². The van der Waals surface area contributed by atoms with E-state index in [-0.39, 0.29) is 35.4 Å². The van der Waals surface area contributed by atoms with Crippen molar-refractivity contribution >= 4 is 58.7 Å². The van der Waals surface area contributed by atoms with Crippen LogP contribution < -0.4 is 9.47 Å². The number of carboxylic acid groups (broad SMARTS) is 1. The molecule has 1 unspecified atom stereocenters. The van der Waals surface area contributed by atoms with Gasteiger partial charge in [0.1, 0.15) is 16.5 Å². The van der Waals surface area contributed by atoms with E-state index in [2.05, 4.69) is 4.98 Å². The van der Waals surface area contributed by atoms with Crippen molar-refractivity contribution in [3.63, 3.8) is 0 Å². The number of hydrogen-bond acceptors (Lipinski definition) is 4. The Bertz CT molecular complexity index is 652. The molecule has 0 aliphatic rings.